The standard InChI is InChI=1S/C7H9N2O2/c1-4(2)7(11)9-5(3)6(8)10/h8H,1,3H2,2H3,(H,9,11). The van der Waals surface area contributed by atoms with Gasteiger partial charge in [0.15, 0.2) is 0 Å². The molecule has 1 radical (unpaired) electrons. The summed E-state index contributed by atoms with van der Waals surface area (Å²) < 4.78 is 0. The second-order valence-electron chi connectivity index (χ2n) is 2.04. The first-order valence-electron chi connectivity index (χ1n) is 2.87. The van der Waals surface area contributed by atoms with Gasteiger partial charge in [-0.05, 0) is 6.92 Å². The third-order valence-corrected chi connectivity index (χ3v) is 0.926. The summed E-state index contributed by atoms with van der Waals surface area (Å²) in [5.74, 6) is -1.49. The van der Waals surface area contributed by atoms with Gasteiger partial charge in [-0.3, -0.25) is 15.3 Å². The zero-order valence-electron chi connectivity index (χ0n) is 6.23. The molecule has 0 saturated carbocycles. The monoisotopic (exact) mass is 153 g/mol. The first kappa shape index (κ1) is 9.42. The second kappa shape index (κ2) is 3.55. The third kappa shape index (κ3) is 3.20. The van der Waals surface area contributed by atoms with Crippen LogP contribution in [0.1, 0.15) is 6.92 Å². The van der Waals surface area contributed by atoms with E-state index in [2.05, 4.69) is 18.5 Å². The first-order chi connectivity index (χ1) is 4.95. The van der Waals surface area contributed by atoms with Crippen molar-refractivity contribution >= 4 is 11.8 Å². The van der Waals surface area contributed by atoms with E-state index in [1.54, 1.807) is 0 Å². The predicted octanol–water partition coefficient (Wildman–Crippen LogP) is 0.00190. The van der Waals surface area contributed by atoms with Gasteiger partial charge in [-0.15, -0.1) is 0 Å². The molecule has 59 valence electrons. The Bertz CT molecular complexity index is 207. The van der Waals surface area contributed by atoms with Gasteiger partial charge in [-0.1, -0.05) is 13.2 Å². The molecule has 2 amide bonds. The minimum absolute atomic E-state index is 0.238. The molecular weight excluding hydrogens is 144 g/mol. The van der Waals surface area contributed by atoms with E-state index in [0.29, 0.717) is 0 Å². The van der Waals surface area contributed by atoms with Crippen LogP contribution in [0.25, 0.3) is 0 Å². The third-order valence-electron chi connectivity index (χ3n) is 0.926. The summed E-state index contributed by atoms with van der Waals surface area (Å²) in [6, 6.07) is 0. The highest BCUT2D eigenvalue weighted by Crippen LogP contribution is 1.89. The number of carbonyl (C=O) groups excluding carboxylic acids is 2. The van der Waals surface area contributed by atoms with Gasteiger partial charge >= 0.3 is 0 Å². The number of hydrogen-bond acceptors (Lipinski definition) is 2. The smallest absolute Gasteiger partial charge is 0.285 e. The molecule has 0 aromatic rings. The Balaban J connectivity index is 4.07. The van der Waals surface area contributed by atoms with Crippen molar-refractivity contribution in [3.05, 3.63) is 24.4 Å². The molecule has 0 atom stereocenters. The van der Waals surface area contributed by atoms with Crippen molar-refractivity contribution in [2.24, 2.45) is 0 Å². The van der Waals surface area contributed by atoms with Crippen molar-refractivity contribution in [1.82, 2.24) is 11.1 Å². The minimum atomic E-state index is -1.00. The molecule has 4 heteroatoms. The van der Waals surface area contributed by atoms with Gasteiger partial charge in [-0.2, -0.15) is 0 Å². The lowest BCUT2D eigenvalue weighted by atomic mass is 10.3. The summed E-state index contributed by atoms with van der Waals surface area (Å²) in [4.78, 5) is 21.0. The quantitative estimate of drug-likeness (QED) is 0.580. The van der Waals surface area contributed by atoms with E-state index in [-0.39, 0.29) is 11.3 Å². The van der Waals surface area contributed by atoms with Crippen molar-refractivity contribution in [2.45, 2.75) is 6.92 Å². The maximum Gasteiger partial charge on any atom is 0.285 e. The normalized spacial score (nSPS) is 8.45. The largest absolute Gasteiger partial charge is 0.318 e. The van der Waals surface area contributed by atoms with Gasteiger partial charge in [0.1, 0.15) is 5.70 Å². The molecule has 0 aliphatic rings. The molecule has 0 aromatic carbocycles. The van der Waals surface area contributed by atoms with E-state index in [9.17, 15) is 9.59 Å². The molecule has 0 aromatic heterocycles. The van der Waals surface area contributed by atoms with Crippen LogP contribution in [-0.2, 0) is 9.59 Å². The fraction of sp³-hybridized carbons (Fsp3) is 0.143. The van der Waals surface area contributed by atoms with Crippen LogP contribution in [0, 0.1) is 0 Å². The molecule has 0 spiro atoms. The number of amides is 2. The van der Waals surface area contributed by atoms with Crippen LogP contribution in [-0.4, -0.2) is 11.8 Å². The first-order valence-corrected chi connectivity index (χ1v) is 2.87. The predicted molar refractivity (Wildman–Crippen MR) is 40.2 cm³/mol. The molecule has 0 bridgehead atoms. The zero-order valence-corrected chi connectivity index (χ0v) is 6.23. The Morgan fingerprint density at radius 2 is 1.82 bits per heavy atom. The van der Waals surface area contributed by atoms with Crippen LogP contribution in [0.15, 0.2) is 24.4 Å². The van der Waals surface area contributed by atoms with Crippen LogP contribution < -0.4 is 11.1 Å². The Morgan fingerprint density at radius 3 is 2.09 bits per heavy atom. The van der Waals surface area contributed by atoms with E-state index < -0.39 is 11.8 Å². The SMILES string of the molecule is C=C(C)C(=O)NC(=C)C([NH])=O. The molecular formula is C7H9N2O2. The minimum Gasteiger partial charge on any atom is -0.318 e. The van der Waals surface area contributed by atoms with Gasteiger partial charge in [0, 0.05) is 5.57 Å². The fourth-order valence-corrected chi connectivity index (χ4v) is 0.301. The lowest BCUT2D eigenvalue weighted by Crippen LogP contribution is -2.27. The molecule has 0 heterocycles. The van der Waals surface area contributed by atoms with Crippen LogP contribution in [0.5, 0.6) is 0 Å². The van der Waals surface area contributed by atoms with E-state index in [0.717, 1.165) is 0 Å². The lowest BCUT2D eigenvalue weighted by molar-refractivity contribution is -0.120. The van der Waals surface area contributed by atoms with E-state index >= 15 is 0 Å². The highest BCUT2D eigenvalue weighted by Gasteiger charge is 2.06. The van der Waals surface area contributed by atoms with Crippen LogP contribution in [0.2, 0.25) is 0 Å². The number of rotatable bonds is 3. The van der Waals surface area contributed by atoms with Gasteiger partial charge in [0.05, 0.1) is 0 Å². The van der Waals surface area contributed by atoms with Gasteiger partial charge in [0.25, 0.3) is 11.8 Å². The Labute approximate surface area is 64.8 Å². The molecule has 2 N–H and O–H groups in total. The summed E-state index contributed by atoms with van der Waals surface area (Å²) in [5.41, 5.74) is 6.57. The maximum atomic E-state index is 10.8. The second-order valence-corrected chi connectivity index (χ2v) is 2.04. The van der Waals surface area contributed by atoms with Crippen molar-refractivity contribution in [3.8, 4) is 0 Å². The number of carbonyl (C=O) groups is 2. The van der Waals surface area contributed by atoms with Crippen molar-refractivity contribution in [1.29, 1.82) is 0 Å². The molecule has 0 unspecified atom stereocenters. The fourth-order valence-electron chi connectivity index (χ4n) is 0.301. The van der Waals surface area contributed by atoms with Crippen LogP contribution in [0.3, 0.4) is 0 Å². The molecule has 0 aliphatic carbocycles. The highest BCUT2D eigenvalue weighted by atomic mass is 16.2. The summed E-state index contributed by atoms with van der Waals surface area (Å²) >= 11 is 0. The van der Waals surface area contributed by atoms with Crippen molar-refractivity contribution in [3.63, 3.8) is 0 Å². The average molecular weight is 153 g/mol. The number of nitrogens with one attached hydrogen (secondary N) is 2. The maximum absolute atomic E-state index is 10.8. The number of hydrogen-bond donors (Lipinski definition) is 1. The van der Waals surface area contributed by atoms with Crippen LogP contribution >= 0.6 is 0 Å². The van der Waals surface area contributed by atoms with Gasteiger partial charge in [0.2, 0.25) is 0 Å². The molecule has 0 rings (SSSR count). The summed E-state index contributed by atoms with van der Waals surface area (Å²) in [7, 11) is 0. The Morgan fingerprint density at radius 1 is 1.36 bits per heavy atom. The topological polar surface area (TPSA) is 70.0 Å². The molecule has 4 nitrogen and oxygen atoms in total. The summed E-state index contributed by atoms with van der Waals surface area (Å²) in [6.07, 6.45) is 0. The van der Waals surface area contributed by atoms with Gasteiger partial charge in [-0.25, -0.2) is 0 Å². The van der Waals surface area contributed by atoms with E-state index in [4.69, 9.17) is 5.73 Å². The summed E-state index contributed by atoms with van der Waals surface area (Å²) in [6.45, 7) is 8.01. The zero-order chi connectivity index (χ0) is 9.02. The van der Waals surface area contributed by atoms with Gasteiger partial charge < -0.3 is 5.32 Å². The van der Waals surface area contributed by atoms with Crippen molar-refractivity contribution in [2.75, 3.05) is 0 Å². The Kier molecular flexibility index (Phi) is 3.04. The highest BCUT2D eigenvalue weighted by molar-refractivity contribution is 6.00. The molecule has 0 fully saturated rings. The average Bonchev–Trinajstić information content (AvgIpc) is 1.87. The molecule has 11 heavy (non-hydrogen) atoms. The molecule has 0 saturated heterocycles. The lowest BCUT2D eigenvalue weighted by Gasteiger charge is -2.02. The van der Waals surface area contributed by atoms with E-state index in [1.807, 2.05) is 0 Å². The Hall–Kier alpha value is -1.58. The van der Waals surface area contributed by atoms with E-state index in [1.165, 1.54) is 6.92 Å². The molecule has 0 aliphatic heterocycles. The van der Waals surface area contributed by atoms with Crippen LogP contribution in [0.4, 0.5) is 0 Å². The van der Waals surface area contributed by atoms with Crippen molar-refractivity contribution < 1.29 is 9.59 Å². The summed E-state index contributed by atoms with van der Waals surface area (Å²) in [5, 5.41) is 2.11.